The molecule has 4 rings (SSSR count). The zero-order valence-corrected chi connectivity index (χ0v) is 16.8. The molecule has 4 heterocycles. The second-order valence-corrected chi connectivity index (χ2v) is 8.14. The molecule has 0 saturated carbocycles. The van der Waals surface area contributed by atoms with Gasteiger partial charge in [-0.05, 0) is 30.0 Å². The Kier molecular flexibility index (Phi) is 5.49. The number of thiophene rings is 1. The Balaban J connectivity index is 1.53. The fraction of sp³-hybridized carbons (Fsp3) is 0.333. The van der Waals surface area contributed by atoms with Crippen molar-refractivity contribution in [2.75, 3.05) is 5.75 Å². The maximum Gasteiger partial charge on any atom is 0.343 e. The molecule has 0 saturated heterocycles. The third kappa shape index (κ3) is 3.69. The van der Waals surface area contributed by atoms with Crippen molar-refractivity contribution >= 4 is 34.7 Å². The maximum absolute atomic E-state index is 12.9. The van der Waals surface area contributed by atoms with Crippen LogP contribution in [-0.4, -0.2) is 37.1 Å². The van der Waals surface area contributed by atoms with Crippen LogP contribution in [-0.2, 0) is 11.3 Å². The number of nitrogens with one attached hydrogen (secondary N) is 1. The first-order valence-corrected chi connectivity index (χ1v) is 10.8. The van der Waals surface area contributed by atoms with E-state index < -0.39 is 0 Å². The Morgan fingerprint density at radius 1 is 1.43 bits per heavy atom. The molecule has 1 atom stereocenters. The summed E-state index contributed by atoms with van der Waals surface area (Å²) in [7, 11) is 0. The molecule has 28 heavy (non-hydrogen) atoms. The van der Waals surface area contributed by atoms with E-state index in [1.54, 1.807) is 22.2 Å². The van der Waals surface area contributed by atoms with Gasteiger partial charge in [-0.15, -0.1) is 16.4 Å². The first kappa shape index (κ1) is 18.8. The summed E-state index contributed by atoms with van der Waals surface area (Å²) in [6, 6.07) is 7.37. The summed E-state index contributed by atoms with van der Waals surface area (Å²) in [6.45, 7) is 2.54. The number of aromatic nitrogens is 3. The Labute approximate surface area is 169 Å². The molecule has 1 aliphatic rings. The topological polar surface area (TPSA) is 96.5 Å². The van der Waals surface area contributed by atoms with E-state index in [9.17, 15) is 9.59 Å². The first-order chi connectivity index (χ1) is 13.7. The molecule has 0 aromatic carbocycles. The van der Waals surface area contributed by atoms with Crippen LogP contribution < -0.4 is 5.69 Å². The van der Waals surface area contributed by atoms with E-state index in [0.29, 0.717) is 23.9 Å². The lowest BCUT2D eigenvalue weighted by atomic mass is 10.1. The molecule has 10 heteroatoms. The number of hydrogen-bond donors (Lipinski definition) is 1. The van der Waals surface area contributed by atoms with Gasteiger partial charge in [0.25, 0.3) is 5.91 Å². The number of aromatic amines is 1. The predicted octanol–water partition coefficient (Wildman–Crippen LogP) is 3.11. The molecule has 0 radical (unpaired) electrons. The number of rotatable bonds is 7. The molecule has 0 bridgehead atoms. The van der Waals surface area contributed by atoms with Gasteiger partial charge in [-0.2, -0.15) is 5.10 Å². The van der Waals surface area contributed by atoms with Crippen LogP contribution in [0.2, 0.25) is 0 Å². The lowest BCUT2D eigenvalue weighted by Crippen LogP contribution is -2.28. The van der Waals surface area contributed by atoms with Crippen molar-refractivity contribution in [3.8, 4) is 0 Å². The van der Waals surface area contributed by atoms with Gasteiger partial charge in [0.05, 0.1) is 22.6 Å². The highest BCUT2D eigenvalue weighted by atomic mass is 32.2. The number of nitrogens with zero attached hydrogens (tertiary/aromatic N) is 4. The lowest BCUT2D eigenvalue weighted by Gasteiger charge is -2.19. The fourth-order valence-corrected chi connectivity index (χ4v) is 4.61. The average molecular weight is 418 g/mol. The van der Waals surface area contributed by atoms with Gasteiger partial charge >= 0.3 is 5.69 Å². The van der Waals surface area contributed by atoms with Crippen molar-refractivity contribution < 1.29 is 9.21 Å². The van der Waals surface area contributed by atoms with Gasteiger partial charge in [-0.3, -0.25) is 9.36 Å². The summed E-state index contributed by atoms with van der Waals surface area (Å²) in [6.07, 6.45) is 3.01. The van der Waals surface area contributed by atoms with E-state index in [4.69, 9.17) is 4.42 Å². The Bertz CT molecular complexity index is 1020. The fourth-order valence-electron chi connectivity index (χ4n) is 3.06. The van der Waals surface area contributed by atoms with Gasteiger partial charge in [0.1, 0.15) is 11.8 Å². The highest BCUT2D eigenvalue weighted by Crippen LogP contribution is 2.34. The summed E-state index contributed by atoms with van der Waals surface area (Å²) in [5.41, 5.74) is 0.613. The molecule has 1 unspecified atom stereocenters. The minimum absolute atomic E-state index is 0.131. The van der Waals surface area contributed by atoms with Crippen molar-refractivity contribution in [2.24, 2.45) is 5.10 Å². The van der Waals surface area contributed by atoms with Gasteiger partial charge in [0.2, 0.25) is 0 Å². The van der Waals surface area contributed by atoms with Crippen LogP contribution in [0.4, 0.5) is 0 Å². The summed E-state index contributed by atoms with van der Waals surface area (Å²) < 4.78 is 7.10. The molecule has 3 aromatic rings. The minimum atomic E-state index is -0.266. The normalized spacial score (nSPS) is 16.5. The lowest BCUT2D eigenvalue weighted by molar-refractivity contribution is -0.130. The number of hydrazone groups is 1. The van der Waals surface area contributed by atoms with Gasteiger partial charge in [-0.25, -0.2) is 14.9 Å². The molecule has 3 aromatic heterocycles. The van der Waals surface area contributed by atoms with Crippen molar-refractivity contribution in [3.63, 3.8) is 0 Å². The summed E-state index contributed by atoms with van der Waals surface area (Å²) in [4.78, 5) is 25.8. The van der Waals surface area contributed by atoms with Gasteiger partial charge < -0.3 is 4.42 Å². The van der Waals surface area contributed by atoms with Gasteiger partial charge in [-0.1, -0.05) is 24.8 Å². The molecule has 0 aliphatic carbocycles. The summed E-state index contributed by atoms with van der Waals surface area (Å²) >= 11 is 2.83. The second kappa shape index (κ2) is 8.19. The van der Waals surface area contributed by atoms with Crippen LogP contribution in [0.5, 0.6) is 0 Å². The molecular formula is C18H19N5O3S2. The largest absolute Gasteiger partial charge is 0.467 e. The van der Waals surface area contributed by atoms with Crippen LogP contribution in [0.25, 0.3) is 0 Å². The van der Waals surface area contributed by atoms with E-state index in [0.717, 1.165) is 17.0 Å². The van der Waals surface area contributed by atoms with E-state index in [1.807, 2.05) is 36.6 Å². The molecule has 0 spiro atoms. The molecule has 1 N–H and O–H groups in total. The van der Waals surface area contributed by atoms with Crippen molar-refractivity contribution in [3.05, 3.63) is 57.0 Å². The van der Waals surface area contributed by atoms with Gasteiger partial charge in [0, 0.05) is 13.0 Å². The monoisotopic (exact) mass is 417 g/mol. The number of thioether (sulfide) groups is 1. The number of carbonyl (C=O) groups excluding carboxylic acids is 1. The molecule has 1 aliphatic heterocycles. The first-order valence-electron chi connectivity index (χ1n) is 8.92. The van der Waals surface area contributed by atoms with Crippen LogP contribution in [0, 0.1) is 0 Å². The maximum atomic E-state index is 12.9. The SMILES string of the molecule is CCCn1c(SCC(=O)N2N=C(c3cccs3)CC2c2ccco2)n[nH]c1=O. The smallest absolute Gasteiger partial charge is 0.343 e. The van der Waals surface area contributed by atoms with Gasteiger partial charge in [0.15, 0.2) is 5.16 Å². The third-order valence-electron chi connectivity index (χ3n) is 4.34. The number of H-pyrrole nitrogens is 1. The predicted molar refractivity (Wildman–Crippen MR) is 108 cm³/mol. The quantitative estimate of drug-likeness (QED) is 0.596. The minimum Gasteiger partial charge on any atom is -0.467 e. The highest BCUT2D eigenvalue weighted by molar-refractivity contribution is 7.99. The number of furan rings is 1. The number of carbonyl (C=O) groups is 1. The van der Waals surface area contributed by atoms with Crippen LogP contribution in [0.15, 0.2) is 55.4 Å². The zero-order valence-electron chi connectivity index (χ0n) is 15.2. The molecule has 8 nitrogen and oxygen atoms in total. The van der Waals surface area contributed by atoms with Crippen molar-refractivity contribution in [1.29, 1.82) is 0 Å². The van der Waals surface area contributed by atoms with E-state index >= 15 is 0 Å². The molecule has 0 fully saturated rings. The second-order valence-electron chi connectivity index (χ2n) is 6.25. The Morgan fingerprint density at radius 3 is 3.04 bits per heavy atom. The van der Waals surface area contributed by atoms with Crippen LogP contribution in [0.1, 0.15) is 36.4 Å². The van der Waals surface area contributed by atoms with E-state index in [-0.39, 0.29) is 23.4 Å². The highest BCUT2D eigenvalue weighted by Gasteiger charge is 2.35. The van der Waals surface area contributed by atoms with Crippen LogP contribution >= 0.6 is 23.1 Å². The van der Waals surface area contributed by atoms with Crippen LogP contribution in [0.3, 0.4) is 0 Å². The summed E-state index contributed by atoms with van der Waals surface area (Å²) in [5, 5.41) is 15.0. The van der Waals surface area contributed by atoms with Crippen molar-refractivity contribution in [2.45, 2.75) is 37.5 Å². The molecule has 1 amide bonds. The van der Waals surface area contributed by atoms with E-state index in [2.05, 4.69) is 15.3 Å². The number of hydrogen-bond acceptors (Lipinski definition) is 7. The number of amides is 1. The van der Waals surface area contributed by atoms with E-state index in [1.165, 1.54) is 16.8 Å². The summed E-state index contributed by atoms with van der Waals surface area (Å²) in [5.74, 6) is 0.680. The standard InChI is InChI=1S/C18H19N5O3S2/c1-2-7-22-17(25)19-20-18(22)28-11-16(24)23-13(14-5-3-8-26-14)10-12(21-23)15-6-4-9-27-15/h3-6,8-9,13H,2,7,10-11H2,1H3,(H,19,25). The average Bonchev–Trinajstić information content (AvgIpc) is 3.47. The zero-order chi connectivity index (χ0) is 19.5. The molecular weight excluding hydrogens is 398 g/mol. The Morgan fingerprint density at radius 2 is 2.32 bits per heavy atom. The molecule has 146 valence electrons. The Hall–Kier alpha value is -2.59. The third-order valence-corrected chi connectivity index (χ3v) is 6.22. The van der Waals surface area contributed by atoms with Crippen molar-refractivity contribution in [1.82, 2.24) is 19.8 Å².